The molecule has 0 saturated heterocycles. The van der Waals surface area contributed by atoms with Gasteiger partial charge in [0, 0.05) is 44.1 Å². The summed E-state index contributed by atoms with van der Waals surface area (Å²) in [6.07, 6.45) is -1.24. The van der Waals surface area contributed by atoms with E-state index in [-0.39, 0.29) is 30.5 Å². The molecular weight excluding hydrogens is 547 g/mol. The standard InChI is InChI=1S/C35H39FN2O5/c1-23(2)33-32(35(42)37(3)27-13-9-6-10-14-27)31(24-11-7-5-8-12-24)34(25-15-17-26(36)18-16-25)38(33)20-19-29(43-4)21-28(39)22-30(40)41/h5-18,23,28-29,39H,19-22H2,1-4H3,(H,40,41). The maximum Gasteiger partial charge on any atom is 0.305 e. The first-order chi connectivity index (χ1) is 20.6. The van der Waals surface area contributed by atoms with E-state index >= 15 is 0 Å². The van der Waals surface area contributed by atoms with Crippen LogP contribution < -0.4 is 4.90 Å². The molecule has 0 aliphatic carbocycles. The molecule has 2 unspecified atom stereocenters. The van der Waals surface area contributed by atoms with Crippen molar-refractivity contribution in [2.45, 2.75) is 57.8 Å². The molecule has 3 aromatic carbocycles. The van der Waals surface area contributed by atoms with E-state index in [1.54, 1.807) is 24.1 Å². The summed E-state index contributed by atoms with van der Waals surface area (Å²) in [5, 5.41) is 19.4. The van der Waals surface area contributed by atoms with E-state index < -0.39 is 18.2 Å². The molecule has 0 aliphatic rings. The van der Waals surface area contributed by atoms with Gasteiger partial charge >= 0.3 is 5.97 Å². The molecule has 0 bridgehead atoms. The Balaban J connectivity index is 1.94. The quantitative estimate of drug-likeness (QED) is 0.176. The molecule has 0 fully saturated rings. The lowest BCUT2D eigenvalue weighted by atomic mass is 9.94. The first kappa shape index (κ1) is 31.7. The van der Waals surface area contributed by atoms with Crippen molar-refractivity contribution in [1.82, 2.24) is 4.57 Å². The number of aromatic nitrogens is 1. The van der Waals surface area contributed by atoms with Crippen molar-refractivity contribution < 1.29 is 28.9 Å². The number of aliphatic hydroxyl groups is 1. The van der Waals surface area contributed by atoms with Crippen molar-refractivity contribution in [2.24, 2.45) is 0 Å². The molecule has 2 N–H and O–H groups in total. The minimum Gasteiger partial charge on any atom is -0.481 e. The third-order valence-electron chi connectivity index (χ3n) is 7.65. The lowest BCUT2D eigenvalue weighted by Crippen LogP contribution is -2.28. The molecule has 4 rings (SSSR count). The summed E-state index contributed by atoms with van der Waals surface area (Å²) in [5.74, 6) is -1.68. The van der Waals surface area contributed by atoms with Crippen molar-refractivity contribution in [3.63, 3.8) is 0 Å². The average molecular weight is 587 g/mol. The lowest BCUT2D eigenvalue weighted by Gasteiger charge is -2.23. The Morgan fingerprint density at radius 3 is 2.09 bits per heavy atom. The number of ether oxygens (including phenoxy) is 1. The zero-order chi connectivity index (χ0) is 31.1. The number of hydrogen-bond donors (Lipinski definition) is 2. The van der Waals surface area contributed by atoms with Crippen LogP contribution in [-0.2, 0) is 16.1 Å². The molecule has 2 atom stereocenters. The van der Waals surface area contributed by atoms with Gasteiger partial charge in [-0.25, -0.2) is 4.39 Å². The van der Waals surface area contributed by atoms with Gasteiger partial charge in [-0.05, 0) is 59.9 Å². The monoisotopic (exact) mass is 586 g/mol. The first-order valence-electron chi connectivity index (χ1n) is 14.5. The summed E-state index contributed by atoms with van der Waals surface area (Å²) in [7, 11) is 3.30. The van der Waals surface area contributed by atoms with Gasteiger partial charge in [-0.15, -0.1) is 0 Å². The number of benzene rings is 3. The maximum absolute atomic E-state index is 14.5. The van der Waals surface area contributed by atoms with E-state index in [1.807, 2.05) is 74.5 Å². The number of carbonyl (C=O) groups is 2. The highest BCUT2D eigenvalue weighted by Crippen LogP contribution is 2.43. The molecule has 226 valence electrons. The van der Waals surface area contributed by atoms with Gasteiger partial charge in [-0.1, -0.05) is 62.4 Å². The number of methoxy groups -OCH3 is 1. The fourth-order valence-electron chi connectivity index (χ4n) is 5.61. The molecule has 1 aromatic heterocycles. The van der Waals surface area contributed by atoms with Crippen LogP contribution in [0.25, 0.3) is 22.4 Å². The van der Waals surface area contributed by atoms with Crippen molar-refractivity contribution >= 4 is 17.6 Å². The number of aliphatic carboxylic acids is 1. The second-order valence-electron chi connectivity index (χ2n) is 11.0. The third-order valence-corrected chi connectivity index (χ3v) is 7.65. The average Bonchev–Trinajstić information content (AvgIpc) is 3.34. The Kier molecular flexibility index (Phi) is 10.5. The predicted octanol–water partition coefficient (Wildman–Crippen LogP) is 6.99. The van der Waals surface area contributed by atoms with Gasteiger partial charge in [0.25, 0.3) is 5.91 Å². The zero-order valence-electron chi connectivity index (χ0n) is 25.0. The van der Waals surface area contributed by atoms with Crippen LogP contribution in [0.15, 0.2) is 84.9 Å². The number of nitrogens with zero attached hydrogens (tertiary/aromatic N) is 2. The number of carboxylic acids is 1. The summed E-state index contributed by atoms with van der Waals surface area (Å²) < 4.78 is 21.9. The van der Waals surface area contributed by atoms with E-state index in [9.17, 15) is 19.1 Å². The van der Waals surface area contributed by atoms with E-state index in [0.717, 1.165) is 33.8 Å². The van der Waals surface area contributed by atoms with Crippen LogP contribution in [0.2, 0.25) is 0 Å². The van der Waals surface area contributed by atoms with Crippen LogP contribution in [0.1, 0.15) is 55.1 Å². The number of carbonyl (C=O) groups excluding carboxylic acids is 1. The third kappa shape index (κ3) is 7.39. The van der Waals surface area contributed by atoms with Gasteiger partial charge in [0.2, 0.25) is 0 Å². The summed E-state index contributed by atoms with van der Waals surface area (Å²) in [6, 6.07) is 25.4. The summed E-state index contributed by atoms with van der Waals surface area (Å²) in [6.45, 7) is 4.50. The minimum absolute atomic E-state index is 0.0709. The minimum atomic E-state index is -1.08. The van der Waals surface area contributed by atoms with E-state index in [0.29, 0.717) is 18.5 Å². The van der Waals surface area contributed by atoms with Gasteiger partial charge in [0.1, 0.15) is 5.82 Å². The van der Waals surface area contributed by atoms with E-state index in [4.69, 9.17) is 9.84 Å². The summed E-state index contributed by atoms with van der Waals surface area (Å²) in [5.41, 5.74) is 5.28. The number of aliphatic hydroxyl groups excluding tert-OH is 1. The molecule has 0 radical (unpaired) electrons. The van der Waals surface area contributed by atoms with Crippen molar-refractivity contribution in [3.05, 3.63) is 102 Å². The second-order valence-corrected chi connectivity index (χ2v) is 11.0. The van der Waals surface area contributed by atoms with Crippen LogP contribution in [0.4, 0.5) is 10.1 Å². The first-order valence-corrected chi connectivity index (χ1v) is 14.5. The maximum atomic E-state index is 14.5. The number of rotatable bonds is 13. The second kappa shape index (κ2) is 14.3. The van der Waals surface area contributed by atoms with Gasteiger partial charge in [0.05, 0.1) is 29.9 Å². The Morgan fingerprint density at radius 2 is 1.53 bits per heavy atom. The normalized spacial score (nSPS) is 12.7. The molecule has 43 heavy (non-hydrogen) atoms. The number of para-hydroxylation sites is 1. The van der Waals surface area contributed by atoms with Gasteiger partial charge < -0.3 is 24.4 Å². The van der Waals surface area contributed by atoms with Crippen molar-refractivity contribution in [3.8, 4) is 22.4 Å². The van der Waals surface area contributed by atoms with Gasteiger partial charge in [0.15, 0.2) is 0 Å². The molecule has 0 aliphatic heterocycles. The Bertz CT molecular complexity index is 1520. The fraction of sp³-hybridized carbons (Fsp3) is 0.314. The SMILES string of the molecule is COC(CCn1c(-c2ccc(F)cc2)c(-c2ccccc2)c(C(=O)N(C)c2ccccc2)c1C(C)C)CC(O)CC(=O)O. The number of anilines is 1. The molecule has 8 heteroatoms. The number of amides is 1. The number of carboxylic acid groups (broad SMARTS) is 1. The van der Waals surface area contributed by atoms with E-state index in [2.05, 4.69) is 4.57 Å². The Hall–Kier alpha value is -4.27. The van der Waals surface area contributed by atoms with Crippen molar-refractivity contribution in [2.75, 3.05) is 19.1 Å². The number of hydrogen-bond acceptors (Lipinski definition) is 4. The Morgan fingerprint density at radius 1 is 0.930 bits per heavy atom. The van der Waals surface area contributed by atoms with Gasteiger partial charge in [-0.2, -0.15) is 0 Å². The molecule has 0 spiro atoms. The highest BCUT2D eigenvalue weighted by atomic mass is 19.1. The van der Waals surface area contributed by atoms with Crippen LogP contribution in [0.5, 0.6) is 0 Å². The highest BCUT2D eigenvalue weighted by Gasteiger charge is 2.32. The fourth-order valence-corrected chi connectivity index (χ4v) is 5.61. The summed E-state index contributed by atoms with van der Waals surface area (Å²) in [4.78, 5) is 27.3. The smallest absolute Gasteiger partial charge is 0.305 e. The Labute approximate surface area is 252 Å². The van der Waals surface area contributed by atoms with Crippen LogP contribution in [-0.4, -0.2) is 53.0 Å². The van der Waals surface area contributed by atoms with E-state index in [1.165, 1.54) is 19.2 Å². The molecule has 0 saturated carbocycles. The molecule has 7 nitrogen and oxygen atoms in total. The lowest BCUT2D eigenvalue weighted by molar-refractivity contribution is -0.139. The predicted molar refractivity (Wildman–Crippen MR) is 167 cm³/mol. The van der Waals surface area contributed by atoms with Crippen LogP contribution >= 0.6 is 0 Å². The largest absolute Gasteiger partial charge is 0.481 e. The van der Waals surface area contributed by atoms with Crippen LogP contribution in [0, 0.1) is 5.82 Å². The van der Waals surface area contributed by atoms with Gasteiger partial charge in [-0.3, -0.25) is 9.59 Å². The molecule has 1 amide bonds. The molecular formula is C35H39FN2O5. The van der Waals surface area contributed by atoms with Crippen molar-refractivity contribution in [1.29, 1.82) is 0 Å². The molecule has 4 aromatic rings. The summed E-state index contributed by atoms with van der Waals surface area (Å²) >= 11 is 0. The highest BCUT2D eigenvalue weighted by molar-refractivity contribution is 6.13. The molecule has 1 heterocycles. The zero-order valence-corrected chi connectivity index (χ0v) is 25.0. The van der Waals surface area contributed by atoms with Crippen LogP contribution in [0.3, 0.4) is 0 Å². The number of halogens is 1. The topological polar surface area (TPSA) is 92.0 Å².